The molecular weight excluding hydrogens is 180 g/mol. The molecule has 0 atom stereocenters. The van der Waals surface area contributed by atoms with Crippen molar-refractivity contribution < 1.29 is 0 Å². The molecule has 0 aromatic carbocycles. The molecule has 0 radical (unpaired) electrons. The van der Waals surface area contributed by atoms with Gasteiger partial charge in [-0.1, -0.05) is 0 Å². The molecule has 0 spiro atoms. The lowest BCUT2D eigenvalue weighted by Gasteiger charge is -2.10. The van der Waals surface area contributed by atoms with Gasteiger partial charge in [0.2, 0.25) is 0 Å². The Morgan fingerprint density at radius 2 is 2.00 bits per heavy atom. The van der Waals surface area contributed by atoms with Crippen LogP contribution in [-0.2, 0) is 6.42 Å². The van der Waals surface area contributed by atoms with Gasteiger partial charge < -0.3 is 11.5 Å². The van der Waals surface area contributed by atoms with E-state index < -0.39 is 0 Å². The molecule has 0 unspecified atom stereocenters. The summed E-state index contributed by atoms with van der Waals surface area (Å²) in [7, 11) is 0. The van der Waals surface area contributed by atoms with Crippen molar-refractivity contribution in [1.29, 1.82) is 0 Å². The summed E-state index contributed by atoms with van der Waals surface area (Å²) in [6, 6.07) is 4.37. The van der Waals surface area contributed by atoms with Crippen LogP contribution in [0.1, 0.15) is 16.2 Å². The Balaban J connectivity index is 2.33. The lowest BCUT2D eigenvalue weighted by atomic mass is 10.0. The maximum atomic E-state index is 5.58. The van der Waals surface area contributed by atoms with Crippen LogP contribution in [-0.4, -0.2) is 13.1 Å². The monoisotopic (exact) mass is 198 g/mol. The fraction of sp³-hybridized carbons (Fsp3) is 0.600. The van der Waals surface area contributed by atoms with E-state index >= 15 is 0 Å². The van der Waals surface area contributed by atoms with E-state index in [0.717, 1.165) is 12.8 Å². The fourth-order valence-corrected chi connectivity index (χ4v) is 2.20. The number of thiophene rings is 1. The van der Waals surface area contributed by atoms with Gasteiger partial charge in [0.05, 0.1) is 0 Å². The standard InChI is InChI=1S/C10H18N2S/c1-8-2-4-10(13-8)5-3-9(6-11)7-12/h2,4,9H,3,5-7,11-12H2,1H3. The van der Waals surface area contributed by atoms with Crippen molar-refractivity contribution in [2.75, 3.05) is 13.1 Å². The second kappa shape index (κ2) is 5.37. The van der Waals surface area contributed by atoms with Gasteiger partial charge in [0, 0.05) is 9.75 Å². The molecule has 13 heavy (non-hydrogen) atoms. The van der Waals surface area contributed by atoms with Crippen molar-refractivity contribution in [2.45, 2.75) is 19.8 Å². The molecule has 0 bridgehead atoms. The van der Waals surface area contributed by atoms with Crippen molar-refractivity contribution >= 4 is 11.3 Å². The highest BCUT2D eigenvalue weighted by atomic mass is 32.1. The van der Waals surface area contributed by atoms with Crippen LogP contribution in [0.3, 0.4) is 0 Å². The Morgan fingerprint density at radius 1 is 1.31 bits per heavy atom. The van der Waals surface area contributed by atoms with Gasteiger partial charge in [-0.3, -0.25) is 0 Å². The average Bonchev–Trinajstić information content (AvgIpc) is 2.53. The van der Waals surface area contributed by atoms with E-state index in [9.17, 15) is 0 Å². The molecule has 1 aromatic heterocycles. The summed E-state index contributed by atoms with van der Waals surface area (Å²) in [4.78, 5) is 2.83. The van der Waals surface area contributed by atoms with Crippen molar-refractivity contribution in [3.63, 3.8) is 0 Å². The molecule has 0 aliphatic rings. The zero-order valence-electron chi connectivity index (χ0n) is 8.12. The second-order valence-corrected chi connectivity index (χ2v) is 4.76. The van der Waals surface area contributed by atoms with E-state index in [0.29, 0.717) is 19.0 Å². The van der Waals surface area contributed by atoms with Crippen molar-refractivity contribution in [2.24, 2.45) is 17.4 Å². The SMILES string of the molecule is Cc1ccc(CCC(CN)CN)s1. The van der Waals surface area contributed by atoms with E-state index in [1.807, 2.05) is 11.3 Å². The third kappa shape index (κ3) is 3.46. The van der Waals surface area contributed by atoms with Crippen LogP contribution < -0.4 is 11.5 Å². The quantitative estimate of drug-likeness (QED) is 0.753. The van der Waals surface area contributed by atoms with Crippen molar-refractivity contribution in [1.82, 2.24) is 0 Å². The maximum Gasteiger partial charge on any atom is 0.00481 e. The zero-order chi connectivity index (χ0) is 9.68. The molecule has 0 saturated heterocycles. The number of aryl methyl sites for hydroxylation is 2. The lowest BCUT2D eigenvalue weighted by Crippen LogP contribution is -2.23. The highest BCUT2D eigenvalue weighted by molar-refractivity contribution is 7.11. The Bertz CT molecular complexity index is 241. The second-order valence-electron chi connectivity index (χ2n) is 3.39. The molecule has 2 nitrogen and oxygen atoms in total. The van der Waals surface area contributed by atoms with Crippen molar-refractivity contribution in [3.05, 3.63) is 21.9 Å². The van der Waals surface area contributed by atoms with E-state index in [2.05, 4.69) is 19.1 Å². The molecule has 4 N–H and O–H groups in total. The first kappa shape index (κ1) is 10.7. The molecular formula is C10H18N2S. The first-order chi connectivity index (χ1) is 6.26. The van der Waals surface area contributed by atoms with Gasteiger partial charge >= 0.3 is 0 Å². The van der Waals surface area contributed by atoms with Gasteiger partial charge in [0.1, 0.15) is 0 Å². The minimum atomic E-state index is 0.488. The minimum Gasteiger partial charge on any atom is -0.330 e. The van der Waals surface area contributed by atoms with Crippen molar-refractivity contribution in [3.8, 4) is 0 Å². The minimum absolute atomic E-state index is 0.488. The van der Waals surface area contributed by atoms with Crippen LogP contribution in [0.2, 0.25) is 0 Å². The van der Waals surface area contributed by atoms with Crippen LogP contribution >= 0.6 is 11.3 Å². The summed E-state index contributed by atoms with van der Waals surface area (Å²) in [6.07, 6.45) is 2.24. The Kier molecular flexibility index (Phi) is 4.42. The molecule has 0 saturated carbocycles. The number of rotatable bonds is 5. The van der Waals surface area contributed by atoms with E-state index in [1.165, 1.54) is 9.75 Å². The first-order valence-electron chi connectivity index (χ1n) is 4.71. The van der Waals surface area contributed by atoms with E-state index in [-0.39, 0.29) is 0 Å². The predicted octanol–water partition coefficient (Wildman–Crippen LogP) is 1.52. The molecule has 3 heteroatoms. The van der Waals surface area contributed by atoms with E-state index in [4.69, 9.17) is 11.5 Å². The molecule has 0 fully saturated rings. The summed E-state index contributed by atoms with van der Waals surface area (Å²) in [5, 5.41) is 0. The summed E-state index contributed by atoms with van der Waals surface area (Å²) < 4.78 is 0. The Morgan fingerprint density at radius 3 is 2.46 bits per heavy atom. The molecule has 0 amide bonds. The maximum absolute atomic E-state index is 5.58. The van der Waals surface area contributed by atoms with Gasteiger partial charge in [0.25, 0.3) is 0 Å². The Hall–Kier alpha value is -0.380. The molecule has 1 aromatic rings. The summed E-state index contributed by atoms with van der Waals surface area (Å²) >= 11 is 1.87. The number of hydrogen-bond donors (Lipinski definition) is 2. The number of hydrogen-bond acceptors (Lipinski definition) is 3. The Labute approximate surface area is 83.9 Å². The highest BCUT2D eigenvalue weighted by Crippen LogP contribution is 2.18. The predicted molar refractivity (Wildman–Crippen MR) is 59.0 cm³/mol. The average molecular weight is 198 g/mol. The van der Waals surface area contributed by atoms with Gasteiger partial charge in [0.15, 0.2) is 0 Å². The summed E-state index contributed by atoms with van der Waals surface area (Å²) in [6.45, 7) is 3.55. The van der Waals surface area contributed by atoms with Crippen LogP contribution in [0.5, 0.6) is 0 Å². The molecule has 1 heterocycles. The normalized spacial score (nSPS) is 11.1. The van der Waals surface area contributed by atoms with E-state index in [1.54, 1.807) is 0 Å². The smallest absolute Gasteiger partial charge is 0.00481 e. The molecule has 1 rings (SSSR count). The third-order valence-electron chi connectivity index (χ3n) is 2.26. The van der Waals surface area contributed by atoms with Gasteiger partial charge in [-0.05, 0) is 50.9 Å². The van der Waals surface area contributed by atoms with Gasteiger partial charge in [-0.2, -0.15) is 0 Å². The first-order valence-corrected chi connectivity index (χ1v) is 5.53. The zero-order valence-corrected chi connectivity index (χ0v) is 8.94. The fourth-order valence-electron chi connectivity index (χ4n) is 1.30. The molecule has 0 aliphatic heterocycles. The summed E-state index contributed by atoms with van der Waals surface area (Å²) in [5.74, 6) is 0.488. The van der Waals surface area contributed by atoms with Crippen LogP contribution in [0.15, 0.2) is 12.1 Å². The van der Waals surface area contributed by atoms with Crippen LogP contribution in [0.25, 0.3) is 0 Å². The topological polar surface area (TPSA) is 52.0 Å². The highest BCUT2D eigenvalue weighted by Gasteiger charge is 2.05. The van der Waals surface area contributed by atoms with Gasteiger partial charge in [-0.25, -0.2) is 0 Å². The van der Waals surface area contributed by atoms with Crippen LogP contribution in [0.4, 0.5) is 0 Å². The largest absolute Gasteiger partial charge is 0.330 e. The summed E-state index contributed by atoms with van der Waals surface area (Å²) in [5.41, 5.74) is 11.2. The molecule has 0 aliphatic carbocycles. The third-order valence-corrected chi connectivity index (χ3v) is 3.32. The van der Waals surface area contributed by atoms with Gasteiger partial charge in [-0.15, -0.1) is 11.3 Å². The molecule has 74 valence electrons. The van der Waals surface area contributed by atoms with Crippen LogP contribution in [0, 0.1) is 12.8 Å². The lowest BCUT2D eigenvalue weighted by molar-refractivity contribution is 0.509. The number of nitrogens with two attached hydrogens (primary N) is 2.